The van der Waals surface area contributed by atoms with Gasteiger partial charge in [0.15, 0.2) is 0 Å². The second-order valence-corrected chi connectivity index (χ2v) is 5.25. The van der Waals surface area contributed by atoms with E-state index in [4.69, 9.17) is 0 Å². The molecule has 0 saturated carbocycles. The zero-order valence-corrected chi connectivity index (χ0v) is 12.9. The van der Waals surface area contributed by atoms with E-state index in [-0.39, 0.29) is 18.4 Å². The highest BCUT2D eigenvalue weighted by molar-refractivity contribution is 5.78. The number of unbranched alkanes of at least 4 members (excludes halogenated alkanes) is 1. The molecule has 0 aliphatic rings. The number of rotatable bonds is 7. The van der Waals surface area contributed by atoms with Gasteiger partial charge < -0.3 is 4.90 Å². The van der Waals surface area contributed by atoms with Crippen LogP contribution < -0.4 is 5.69 Å². The van der Waals surface area contributed by atoms with E-state index in [1.165, 1.54) is 0 Å². The maximum absolute atomic E-state index is 12.4. The topological polar surface area (TPSA) is 94.7 Å². The van der Waals surface area contributed by atoms with Crippen LogP contribution in [0.3, 0.4) is 0 Å². The van der Waals surface area contributed by atoms with Crippen LogP contribution in [0.25, 0.3) is 0 Å². The van der Waals surface area contributed by atoms with Gasteiger partial charge >= 0.3 is 5.69 Å². The number of amides is 1. The summed E-state index contributed by atoms with van der Waals surface area (Å²) in [5.41, 5.74) is 0.613. The molecule has 0 aromatic carbocycles. The van der Waals surface area contributed by atoms with E-state index in [9.17, 15) is 9.59 Å². The van der Waals surface area contributed by atoms with Crippen molar-refractivity contribution in [2.45, 2.75) is 38.6 Å². The molecule has 2 rings (SSSR count). The summed E-state index contributed by atoms with van der Waals surface area (Å²) in [7, 11) is 1.78. The van der Waals surface area contributed by atoms with Gasteiger partial charge in [0.05, 0.1) is 12.5 Å². The van der Waals surface area contributed by atoms with Crippen molar-refractivity contribution in [2.24, 2.45) is 0 Å². The summed E-state index contributed by atoms with van der Waals surface area (Å²) >= 11 is 0. The van der Waals surface area contributed by atoms with E-state index in [1.54, 1.807) is 24.3 Å². The quantitative estimate of drug-likeness (QED) is 0.809. The Morgan fingerprint density at radius 2 is 2.27 bits per heavy atom. The van der Waals surface area contributed by atoms with Crippen molar-refractivity contribution in [1.82, 2.24) is 25.1 Å². The van der Waals surface area contributed by atoms with Crippen LogP contribution >= 0.6 is 0 Å². The molecule has 0 fully saturated rings. The van der Waals surface area contributed by atoms with Crippen LogP contribution in [0.4, 0.5) is 0 Å². The second kappa shape index (κ2) is 7.53. The van der Waals surface area contributed by atoms with Crippen molar-refractivity contribution >= 4 is 5.91 Å². The normalized spacial score (nSPS) is 12.1. The minimum absolute atomic E-state index is 0.0215. The Hall–Kier alpha value is -2.44. The summed E-state index contributed by atoms with van der Waals surface area (Å²) in [6.45, 7) is 2.12. The molecule has 0 radical (unpaired) electrons. The third kappa shape index (κ3) is 4.03. The zero-order valence-electron chi connectivity index (χ0n) is 12.9. The molecule has 0 spiro atoms. The van der Waals surface area contributed by atoms with Crippen molar-refractivity contribution in [3.05, 3.63) is 46.4 Å². The molecule has 118 valence electrons. The third-order valence-corrected chi connectivity index (χ3v) is 3.63. The fourth-order valence-electron chi connectivity index (χ4n) is 2.39. The first-order chi connectivity index (χ1) is 10.6. The van der Waals surface area contributed by atoms with Crippen LogP contribution in [0.15, 0.2) is 29.3 Å². The Morgan fingerprint density at radius 1 is 1.45 bits per heavy atom. The van der Waals surface area contributed by atoms with E-state index in [1.807, 2.05) is 12.1 Å². The molecule has 7 nitrogen and oxygen atoms in total. The van der Waals surface area contributed by atoms with E-state index in [2.05, 4.69) is 27.1 Å². The smallest absolute Gasteiger partial charge is 0.338 e. The van der Waals surface area contributed by atoms with Crippen LogP contribution in [-0.2, 0) is 11.2 Å². The summed E-state index contributed by atoms with van der Waals surface area (Å²) in [4.78, 5) is 31.8. The molecular formula is C15H21N5O2. The Bertz CT molecular complexity index is 649. The van der Waals surface area contributed by atoms with Gasteiger partial charge in [0, 0.05) is 19.4 Å². The number of nitrogens with one attached hydrogen (secondary N) is 2. The number of nitrogens with zero attached hydrogens (tertiary/aromatic N) is 3. The van der Waals surface area contributed by atoms with Gasteiger partial charge in [0.25, 0.3) is 0 Å². The van der Waals surface area contributed by atoms with Gasteiger partial charge in [0.1, 0.15) is 5.82 Å². The standard InChI is InChI=1S/C15H21N5O2/c1-3-4-7-12(11-6-5-8-16-10-11)20(2)14(21)9-13-17-15(22)19-18-13/h5-6,8,10,12H,3-4,7,9H2,1-2H3,(H2,17,18,19,22)/t12-/m1/s1. The van der Waals surface area contributed by atoms with Gasteiger partial charge in [0.2, 0.25) is 5.91 Å². The molecule has 7 heteroatoms. The Kier molecular flexibility index (Phi) is 5.46. The highest BCUT2D eigenvalue weighted by Gasteiger charge is 2.22. The molecule has 0 saturated heterocycles. The predicted molar refractivity (Wildman–Crippen MR) is 82.2 cm³/mol. The molecule has 1 amide bonds. The van der Waals surface area contributed by atoms with E-state index in [0.717, 1.165) is 24.8 Å². The van der Waals surface area contributed by atoms with E-state index < -0.39 is 5.69 Å². The lowest BCUT2D eigenvalue weighted by Crippen LogP contribution is -2.33. The minimum atomic E-state index is -0.403. The average Bonchev–Trinajstić information content (AvgIpc) is 2.93. The molecule has 0 aliphatic heterocycles. The summed E-state index contributed by atoms with van der Waals surface area (Å²) in [5, 5.41) is 6.05. The highest BCUT2D eigenvalue weighted by atomic mass is 16.2. The molecule has 2 heterocycles. The van der Waals surface area contributed by atoms with E-state index >= 15 is 0 Å². The number of aromatic amines is 2. The maximum atomic E-state index is 12.4. The maximum Gasteiger partial charge on any atom is 0.340 e. The van der Waals surface area contributed by atoms with Crippen LogP contribution in [-0.4, -0.2) is 38.0 Å². The lowest BCUT2D eigenvalue weighted by Gasteiger charge is -2.28. The van der Waals surface area contributed by atoms with Crippen LogP contribution in [0.1, 0.15) is 43.6 Å². The number of H-pyrrole nitrogens is 2. The van der Waals surface area contributed by atoms with E-state index in [0.29, 0.717) is 5.82 Å². The molecule has 0 bridgehead atoms. The number of likely N-dealkylation sites (N-methyl/N-ethyl adjacent to an activating group) is 1. The van der Waals surface area contributed by atoms with Crippen LogP contribution in [0, 0.1) is 0 Å². The second-order valence-electron chi connectivity index (χ2n) is 5.25. The lowest BCUT2D eigenvalue weighted by molar-refractivity contribution is -0.131. The fraction of sp³-hybridized carbons (Fsp3) is 0.467. The van der Waals surface area contributed by atoms with Gasteiger partial charge in [-0.3, -0.25) is 14.8 Å². The molecule has 0 aliphatic carbocycles. The molecule has 2 aromatic heterocycles. The largest absolute Gasteiger partial charge is 0.340 e. The Labute approximate surface area is 128 Å². The monoisotopic (exact) mass is 303 g/mol. The molecule has 2 aromatic rings. The van der Waals surface area contributed by atoms with Gasteiger partial charge in [-0.25, -0.2) is 9.89 Å². The SMILES string of the molecule is CCCC[C@H](c1cccnc1)N(C)C(=O)Cc1n[nH]c(=O)[nH]1. The summed E-state index contributed by atoms with van der Waals surface area (Å²) in [5.74, 6) is 0.259. The van der Waals surface area contributed by atoms with Gasteiger partial charge in [-0.2, -0.15) is 5.10 Å². The molecule has 22 heavy (non-hydrogen) atoms. The first-order valence-electron chi connectivity index (χ1n) is 7.41. The number of pyridine rings is 1. The van der Waals surface area contributed by atoms with Crippen molar-refractivity contribution in [1.29, 1.82) is 0 Å². The third-order valence-electron chi connectivity index (χ3n) is 3.63. The summed E-state index contributed by atoms with van der Waals surface area (Å²) in [6, 6.07) is 3.83. The van der Waals surface area contributed by atoms with Crippen LogP contribution in [0.2, 0.25) is 0 Å². The molecule has 0 unspecified atom stereocenters. The van der Waals surface area contributed by atoms with Crippen molar-refractivity contribution in [3.8, 4) is 0 Å². The van der Waals surface area contributed by atoms with Crippen molar-refractivity contribution in [2.75, 3.05) is 7.05 Å². The average molecular weight is 303 g/mol. The molecule has 2 N–H and O–H groups in total. The molecular weight excluding hydrogens is 282 g/mol. The minimum Gasteiger partial charge on any atom is -0.338 e. The number of carbonyl (C=O) groups is 1. The highest BCUT2D eigenvalue weighted by Crippen LogP contribution is 2.25. The molecule has 1 atom stereocenters. The number of aromatic nitrogens is 4. The predicted octanol–water partition coefficient (Wildman–Crippen LogP) is 1.43. The van der Waals surface area contributed by atoms with Crippen molar-refractivity contribution < 1.29 is 4.79 Å². The number of hydrogen-bond donors (Lipinski definition) is 2. The number of hydrogen-bond acceptors (Lipinski definition) is 4. The van der Waals surface area contributed by atoms with Crippen LogP contribution in [0.5, 0.6) is 0 Å². The van der Waals surface area contributed by atoms with Gasteiger partial charge in [-0.15, -0.1) is 0 Å². The summed E-state index contributed by atoms with van der Waals surface area (Å²) in [6.07, 6.45) is 6.54. The Balaban J connectivity index is 2.12. The lowest BCUT2D eigenvalue weighted by atomic mass is 10.0. The Morgan fingerprint density at radius 3 is 2.86 bits per heavy atom. The van der Waals surface area contributed by atoms with Gasteiger partial charge in [-0.1, -0.05) is 25.8 Å². The number of carbonyl (C=O) groups excluding carboxylic acids is 1. The first-order valence-corrected chi connectivity index (χ1v) is 7.41. The van der Waals surface area contributed by atoms with Crippen molar-refractivity contribution in [3.63, 3.8) is 0 Å². The zero-order chi connectivity index (χ0) is 15.9. The first kappa shape index (κ1) is 15.9. The fourth-order valence-corrected chi connectivity index (χ4v) is 2.39. The van der Waals surface area contributed by atoms with Gasteiger partial charge in [-0.05, 0) is 18.1 Å². The summed E-state index contributed by atoms with van der Waals surface area (Å²) < 4.78 is 0.